The van der Waals surface area contributed by atoms with Crippen molar-refractivity contribution < 1.29 is 15.0 Å². The van der Waals surface area contributed by atoms with E-state index in [1.54, 1.807) is 6.07 Å². The van der Waals surface area contributed by atoms with Crippen LogP contribution in [0.1, 0.15) is 12.0 Å². The largest absolute Gasteiger partial charge is 0.504 e. The molecule has 0 aliphatic carbocycles. The summed E-state index contributed by atoms with van der Waals surface area (Å²) in [6.45, 7) is 0. The second-order valence-corrected chi connectivity index (χ2v) is 2.79. The fraction of sp³-hybridized carbons (Fsp3) is 0.222. The van der Waals surface area contributed by atoms with E-state index < -0.39 is 0 Å². The summed E-state index contributed by atoms with van der Waals surface area (Å²) in [5.74, 6) is -0.725. The van der Waals surface area contributed by atoms with Crippen LogP contribution in [0.3, 0.4) is 0 Å². The zero-order chi connectivity index (χ0) is 9.84. The van der Waals surface area contributed by atoms with E-state index in [1.165, 1.54) is 12.1 Å². The number of carbonyl (C=O) groups is 1. The van der Waals surface area contributed by atoms with Crippen LogP contribution in [0.5, 0.6) is 11.5 Å². The third-order valence-corrected chi connectivity index (χ3v) is 1.70. The lowest BCUT2D eigenvalue weighted by molar-refractivity contribution is -0.117. The molecule has 4 nitrogen and oxygen atoms in total. The van der Waals surface area contributed by atoms with E-state index in [-0.39, 0.29) is 23.8 Å². The molecule has 0 atom stereocenters. The van der Waals surface area contributed by atoms with Crippen molar-refractivity contribution in [2.45, 2.75) is 12.8 Å². The number of nitrogens with two attached hydrogens (primary N) is 1. The van der Waals surface area contributed by atoms with E-state index in [2.05, 4.69) is 0 Å². The molecule has 13 heavy (non-hydrogen) atoms. The van der Waals surface area contributed by atoms with E-state index in [0.717, 1.165) is 5.56 Å². The minimum absolute atomic E-state index is 0.164. The molecule has 70 valence electrons. The highest BCUT2D eigenvalue weighted by Crippen LogP contribution is 2.25. The molecule has 0 aliphatic heterocycles. The van der Waals surface area contributed by atoms with Crippen molar-refractivity contribution >= 4 is 5.91 Å². The lowest BCUT2D eigenvalue weighted by Gasteiger charge is -2.01. The smallest absolute Gasteiger partial charge is 0.217 e. The second kappa shape index (κ2) is 3.80. The number of rotatable bonds is 3. The molecule has 0 heterocycles. The Morgan fingerprint density at radius 1 is 1.31 bits per heavy atom. The molecule has 0 fully saturated rings. The van der Waals surface area contributed by atoms with Crippen LogP contribution in [0.15, 0.2) is 18.2 Å². The molecule has 1 aromatic rings. The van der Waals surface area contributed by atoms with Gasteiger partial charge in [0.1, 0.15) is 0 Å². The Bertz CT molecular complexity index is 323. The molecular weight excluding hydrogens is 170 g/mol. The second-order valence-electron chi connectivity index (χ2n) is 2.79. The van der Waals surface area contributed by atoms with Gasteiger partial charge in [0.25, 0.3) is 0 Å². The third-order valence-electron chi connectivity index (χ3n) is 1.70. The van der Waals surface area contributed by atoms with Gasteiger partial charge in [0.15, 0.2) is 11.5 Å². The highest BCUT2D eigenvalue weighted by molar-refractivity contribution is 5.74. The maximum Gasteiger partial charge on any atom is 0.217 e. The van der Waals surface area contributed by atoms with E-state index in [4.69, 9.17) is 15.9 Å². The Hall–Kier alpha value is -1.71. The SMILES string of the molecule is NC(=O)CCc1ccc(O)c(O)c1. The number of benzene rings is 1. The minimum atomic E-state index is -0.382. The Morgan fingerprint density at radius 3 is 2.54 bits per heavy atom. The summed E-state index contributed by atoms with van der Waals surface area (Å²) >= 11 is 0. The van der Waals surface area contributed by atoms with Crippen LogP contribution >= 0.6 is 0 Å². The fourth-order valence-electron chi connectivity index (χ4n) is 0.992. The first-order valence-electron chi connectivity index (χ1n) is 3.89. The monoisotopic (exact) mass is 181 g/mol. The molecule has 1 aromatic carbocycles. The summed E-state index contributed by atoms with van der Waals surface area (Å²) in [7, 11) is 0. The summed E-state index contributed by atoms with van der Waals surface area (Å²) in [4.78, 5) is 10.4. The predicted molar refractivity (Wildman–Crippen MR) is 47.3 cm³/mol. The van der Waals surface area contributed by atoms with Gasteiger partial charge in [0.2, 0.25) is 5.91 Å². The fourth-order valence-corrected chi connectivity index (χ4v) is 0.992. The summed E-state index contributed by atoms with van der Waals surface area (Å²) in [5.41, 5.74) is 5.73. The molecule has 0 aliphatic rings. The lowest BCUT2D eigenvalue weighted by atomic mass is 10.1. The number of phenolic OH excluding ortho intramolecular Hbond substituents is 2. The van der Waals surface area contributed by atoms with Crippen LogP contribution in [0, 0.1) is 0 Å². The molecule has 0 unspecified atom stereocenters. The Kier molecular flexibility index (Phi) is 2.74. The van der Waals surface area contributed by atoms with Gasteiger partial charge in [-0.1, -0.05) is 6.07 Å². The van der Waals surface area contributed by atoms with Crippen molar-refractivity contribution in [3.8, 4) is 11.5 Å². The molecule has 0 saturated carbocycles. The highest BCUT2D eigenvalue weighted by atomic mass is 16.3. The average Bonchev–Trinajstić information content (AvgIpc) is 2.07. The normalized spacial score (nSPS) is 9.85. The van der Waals surface area contributed by atoms with Crippen molar-refractivity contribution in [2.75, 3.05) is 0 Å². The molecule has 0 radical (unpaired) electrons. The van der Waals surface area contributed by atoms with Crippen molar-refractivity contribution in [1.29, 1.82) is 0 Å². The molecule has 0 bridgehead atoms. The molecule has 4 heteroatoms. The van der Waals surface area contributed by atoms with E-state index in [0.29, 0.717) is 6.42 Å². The molecule has 0 saturated heterocycles. The number of hydrogen-bond acceptors (Lipinski definition) is 3. The van der Waals surface area contributed by atoms with E-state index in [1.807, 2.05) is 0 Å². The van der Waals surface area contributed by atoms with Crippen molar-refractivity contribution in [1.82, 2.24) is 0 Å². The Balaban J connectivity index is 2.68. The van der Waals surface area contributed by atoms with Gasteiger partial charge >= 0.3 is 0 Å². The van der Waals surface area contributed by atoms with E-state index >= 15 is 0 Å². The first-order valence-corrected chi connectivity index (χ1v) is 3.89. The highest BCUT2D eigenvalue weighted by Gasteiger charge is 2.01. The van der Waals surface area contributed by atoms with Gasteiger partial charge in [0, 0.05) is 6.42 Å². The summed E-state index contributed by atoms with van der Waals surface area (Å²) in [6.07, 6.45) is 0.716. The topological polar surface area (TPSA) is 83.6 Å². The quantitative estimate of drug-likeness (QED) is 0.594. The van der Waals surface area contributed by atoms with Crippen LogP contribution in [-0.2, 0) is 11.2 Å². The Labute approximate surface area is 75.6 Å². The number of phenols is 2. The molecule has 1 amide bonds. The molecular formula is C9H11NO3. The first kappa shape index (κ1) is 9.38. The maximum absolute atomic E-state index is 10.4. The number of amides is 1. The van der Waals surface area contributed by atoms with Crippen molar-refractivity contribution in [3.05, 3.63) is 23.8 Å². The maximum atomic E-state index is 10.4. The standard InChI is InChI=1S/C9H11NO3/c10-9(13)4-2-6-1-3-7(11)8(12)5-6/h1,3,5,11-12H,2,4H2,(H2,10,13). The number of aromatic hydroxyl groups is 2. The number of primary amides is 1. The number of carbonyl (C=O) groups excluding carboxylic acids is 1. The molecule has 1 rings (SSSR count). The van der Waals surface area contributed by atoms with Crippen molar-refractivity contribution in [3.63, 3.8) is 0 Å². The van der Waals surface area contributed by atoms with Gasteiger partial charge in [-0.2, -0.15) is 0 Å². The summed E-state index contributed by atoms with van der Waals surface area (Å²) in [6, 6.07) is 4.43. The average molecular weight is 181 g/mol. The number of hydrogen-bond donors (Lipinski definition) is 3. The van der Waals surface area contributed by atoms with Gasteiger partial charge in [0.05, 0.1) is 0 Å². The van der Waals surface area contributed by atoms with E-state index in [9.17, 15) is 4.79 Å². The Morgan fingerprint density at radius 2 is 2.00 bits per heavy atom. The molecule has 0 spiro atoms. The third kappa shape index (κ3) is 2.66. The zero-order valence-electron chi connectivity index (χ0n) is 7.03. The van der Waals surface area contributed by atoms with Crippen LogP contribution < -0.4 is 5.73 Å². The first-order chi connectivity index (χ1) is 6.09. The van der Waals surface area contributed by atoms with Crippen LogP contribution in [-0.4, -0.2) is 16.1 Å². The number of aryl methyl sites for hydroxylation is 1. The van der Waals surface area contributed by atoms with Gasteiger partial charge in [-0.05, 0) is 24.1 Å². The predicted octanol–water partition coefficient (Wildman–Crippen LogP) is 0.516. The minimum Gasteiger partial charge on any atom is -0.504 e. The van der Waals surface area contributed by atoms with Crippen LogP contribution in [0.4, 0.5) is 0 Å². The summed E-state index contributed by atoms with van der Waals surface area (Å²) in [5, 5.41) is 18.1. The van der Waals surface area contributed by atoms with Crippen molar-refractivity contribution in [2.24, 2.45) is 5.73 Å². The van der Waals surface area contributed by atoms with Gasteiger partial charge in [-0.25, -0.2) is 0 Å². The lowest BCUT2D eigenvalue weighted by Crippen LogP contribution is -2.11. The van der Waals surface area contributed by atoms with Gasteiger partial charge < -0.3 is 15.9 Å². The molecule has 4 N–H and O–H groups in total. The molecule has 0 aromatic heterocycles. The van der Waals surface area contributed by atoms with Gasteiger partial charge in [-0.3, -0.25) is 4.79 Å². The van der Waals surface area contributed by atoms with Crippen LogP contribution in [0.25, 0.3) is 0 Å². The zero-order valence-corrected chi connectivity index (χ0v) is 7.03. The van der Waals surface area contributed by atoms with Crippen LogP contribution in [0.2, 0.25) is 0 Å². The van der Waals surface area contributed by atoms with Gasteiger partial charge in [-0.15, -0.1) is 0 Å². The summed E-state index contributed by atoms with van der Waals surface area (Å²) < 4.78 is 0.